The molecule has 0 aliphatic carbocycles. The maximum Gasteiger partial charge on any atom is 0.274 e. The SMILES string of the molecule is CSC1=NC2(C)C(=CN1)C(=O)N(C(C)C)N2c1csc(N2CCOCC2)n1. The van der Waals surface area contributed by atoms with Gasteiger partial charge in [0.1, 0.15) is 0 Å². The highest BCUT2D eigenvalue weighted by molar-refractivity contribution is 8.13. The standard InChI is InChI=1S/C17H24N6O2S2/c1-11(2)22-14(24)12-9-18-15(26-4)20-17(12,3)23(22)13-10-27-16(19-13)21-5-7-25-8-6-21/h9-11H,5-8H2,1-4H3,(H,18,20). The summed E-state index contributed by atoms with van der Waals surface area (Å²) in [6.45, 7) is 9.09. The van der Waals surface area contributed by atoms with Crippen molar-refractivity contribution in [3.63, 3.8) is 0 Å². The Labute approximate surface area is 167 Å². The molecule has 1 aromatic heterocycles. The first-order valence-electron chi connectivity index (χ1n) is 8.98. The molecule has 1 atom stereocenters. The van der Waals surface area contributed by atoms with Gasteiger partial charge in [0.25, 0.3) is 5.91 Å². The van der Waals surface area contributed by atoms with Gasteiger partial charge < -0.3 is 15.0 Å². The van der Waals surface area contributed by atoms with Gasteiger partial charge in [-0.05, 0) is 27.0 Å². The number of amidine groups is 1. The third-order valence-electron chi connectivity index (χ3n) is 4.90. The molecule has 1 aromatic rings. The van der Waals surface area contributed by atoms with Crippen molar-refractivity contribution in [1.82, 2.24) is 15.3 Å². The molecule has 2 fully saturated rings. The Balaban J connectivity index is 1.75. The van der Waals surface area contributed by atoms with Gasteiger partial charge in [0.2, 0.25) is 0 Å². The number of carbonyl (C=O) groups is 1. The highest BCUT2D eigenvalue weighted by Gasteiger charge is 2.55. The second-order valence-electron chi connectivity index (χ2n) is 6.99. The lowest BCUT2D eigenvalue weighted by Gasteiger charge is -2.39. The van der Waals surface area contributed by atoms with Crippen molar-refractivity contribution >= 4 is 45.1 Å². The summed E-state index contributed by atoms with van der Waals surface area (Å²) in [6, 6.07) is -0.0118. The summed E-state index contributed by atoms with van der Waals surface area (Å²) >= 11 is 3.12. The smallest absolute Gasteiger partial charge is 0.274 e. The van der Waals surface area contributed by atoms with E-state index in [1.165, 1.54) is 11.8 Å². The number of carbonyl (C=O) groups excluding carboxylic acids is 1. The number of hydrazine groups is 1. The van der Waals surface area contributed by atoms with Gasteiger partial charge in [-0.15, -0.1) is 11.3 Å². The quantitative estimate of drug-likeness (QED) is 0.818. The first-order valence-corrected chi connectivity index (χ1v) is 11.1. The minimum Gasteiger partial charge on any atom is -0.378 e. The highest BCUT2D eigenvalue weighted by atomic mass is 32.2. The van der Waals surface area contributed by atoms with E-state index in [4.69, 9.17) is 14.7 Å². The van der Waals surface area contributed by atoms with Gasteiger partial charge in [0.05, 0.1) is 18.8 Å². The summed E-state index contributed by atoms with van der Waals surface area (Å²) in [7, 11) is 0. The molecule has 27 heavy (non-hydrogen) atoms. The van der Waals surface area contributed by atoms with Crippen LogP contribution in [-0.2, 0) is 9.53 Å². The van der Waals surface area contributed by atoms with Gasteiger partial charge in [0, 0.05) is 30.7 Å². The highest BCUT2D eigenvalue weighted by Crippen LogP contribution is 2.43. The zero-order chi connectivity index (χ0) is 19.2. The number of morpholine rings is 1. The lowest BCUT2D eigenvalue weighted by Crippen LogP contribution is -2.52. The molecule has 0 aromatic carbocycles. The first kappa shape index (κ1) is 18.6. The van der Waals surface area contributed by atoms with Gasteiger partial charge in [-0.2, -0.15) is 0 Å². The van der Waals surface area contributed by atoms with Crippen LogP contribution in [0.5, 0.6) is 0 Å². The zero-order valence-corrected chi connectivity index (χ0v) is 17.6. The zero-order valence-electron chi connectivity index (χ0n) is 15.9. The molecule has 0 saturated carbocycles. The van der Waals surface area contributed by atoms with E-state index >= 15 is 0 Å². The summed E-state index contributed by atoms with van der Waals surface area (Å²) in [5, 5.41) is 10.6. The Hall–Kier alpha value is -1.78. The minimum atomic E-state index is -0.804. The van der Waals surface area contributed by atoms with Gasteiger partial charge in [0.15, 0.2) is 21.8 Å². The number of nitrogens with one attached hydrogen (secondary N) is 1. The number of anilines is 2. The summed E-state index contributed by atoms with van der Waals surface area (Å²) in [5.74, 6) is 0.713. The molecule has 3 aliphatic heterocycles. The van der Waals surface area contributed by atoms with Gasteiger partial charge in [-0.3, -0.25) is 4.79 Å². The Morgan fingerprint density at radius 1 is 1.37 bits per heavy atom. The number of aliphatic imine (C=N–C) groups is 1. The van der Waals surface area contributed by atoms with Crippen molar-refractivity contribution in [3.05, 3.63) is 17.2 Å². The van der Waals surface area contributed by atoms with Crippen LogP contribution in [-0.4, -0.2) is 65.3 Å². The van der Waals surface area contributed by atoms with Crippen molar-refractivity contribution in [2.45, 2.75) is 32.5 Å². The number of hydrogen-bond acceptors (Lipinski definition) is 9. The third-order valence-corrected chi connectivity index (χ3v) is 6.38. The number of nitrogens with zero attached hydrogens (tertiary/aromatic N) is 5. The predicted octanol–water partition coefficient (Wildman–Crippen LogP) is 1.87. The Morgan fingerprint density at radius 3 is 2.78 bits per heavy atom. The van der Waals surface area contributed by atoms with E-state index in [0.29, 0.717) is 18.8 Å². The summed E-state index contributed by atoms with van der Waals surface area (Å²) < 4.78 is 5.44. The molecule has 0 bridgehead atoms. The van der Waals surface area contributed by atoms with Crippen LogP contribution in [0.2, 0.25) is 0 Å². The molecule has 146 valence electrons. The maximum absolute atomic E-state index is 13.1. The van der Waals surface area contributed by atoms with Crippen LogP contribution in [0.3, 0.4) is 0 Å². The van der Waals surface area contributed by atoms with Gasteiger partial charge in [-0.1, -0.05) is 11.8 Å². The monoisotopic (exact) mass is 408 g/mol. The van der Waals surface area contributed by atoms with E-state index in [2.05, 4.69) is 10.2 Å². The van der Waals surface area contributed by atoms with Crippen molar-refractivity contribution in [2.75, 3.05) is 42.5 Å². The minimum absolute atomic E-state index is 0.0118. The number of thioether (sulfide) groups is 1. The molecule has 0 spiro atoms. The average molecular weight is 409 g/mol. The predicted molar refractivity (Wildman–Crippen MR) is 110 cm³/mol. The van der Waals surface area contributed by atoms with Crippen LogP contribution in [0, 0.1) is 0 Å². The Kier molecular flexibility index (Phi) is 4.81. The normalized spacial score (nSPS) is 25.5. The van der Waals surface area contributed by atoms with E-state index in [1.54, 1.807) is 22.5 Å². The molecule has 0 radical (unpaired) electrons. The molecule has 3 aliphatic rings. The molecular formula is C17H24N6O2S2. The summed E-state index contributed by atoms with van der Waals surface area (Å²) in [6.07, 6.45) is 3.75. The number of aromatic nitrogens is 1. The first-order chi connectivity index (χ1) is 13.0. The number of amides is 1. The van der Waals surface area contributed by atoms with Crippen LogP contribution in [0.25, 0.3) is 0 Å². The summed E-state index contributed by atoms with van der Waals surface area (Å²) in [4.78, 5) is 25.1. The fourth-order valence-corrected chi connectivity index (χ4v) is 4.85. The van der Waals surface area contributed by atoms with Crippen LogP contribution in [0.15, 0.2) is 22.1 Å². The largest absolute Gasteiger partial charge is 0.378 e. The number of thiazole rings is 1. The summed E-state index contributed by atoms with van der Waals surface area (Å²) in [5.41, 5.74) is -0.170. The van der Waals surface area contributed by atoms with Crippen molar-refractivity contribution in [1.29, 1.82) is 0 Å². The second kappa shape index (κ2) is 6.99. The van der Waals surface area contributed by atoms with E-state index in [9.17, 15) is 4.79 Å². The topological polar surface area (TPSA) is 73.3 Å². The molecule has 4 rings (SSSR count). The average Bonchev–Trinajstić information content (AvgIpc) is 3.22. The maximum atomic E-state index is 13.1. The van der Waals surface area contributed by atoms with Crippen molar-refractivity contribution in [3.8, 4) is 0 Å². The van der Waals surface area contributed by atoms with Gasteiger partial charge >= 0.3 is 0 Å². The fraction of sp³-hybridized carbons (Fsp3) is 0.588. The van der Waals surface area contributed by atoms with Crippen LogP contribution < -0.4 is 15.2 Å². The van der Waals surface area contributed by atoms with E-state index in [-0.39, 0.29) is 11.9 Å². The molecule has 8 nitrogen and oxygen atoms in total. The van der Waals surface area contributed by atoms with Crippen LogP contribution in [0.1, 0.15) is 20.8 Å². The van der Waals surface area contributed by atoms with Crippen molar-refractivity contribution < 1.29 is 9.53 Å². The van der Waals surface area contributed by atoms with E-state index < -0.39 is 5.66 Å². The number of hydrogen-bond donors (Lipinski definition) is 1. The second-order valence-corrected chi connectivity index (χ2v) is 8.62. The molecule has 1 unspecified atom stereocenters. The van der Waals surface area contributed by atoms with Crippen LogP contribution in [0.4, 0.5) is 10.9 Å². The molecular weight excluding hydrogens is 384 g/mol. The molecule has 2 saturated heterocycles. The molecule has 10 heteroatoms. The number of rotatable bonds is 3. The number of fused-ring (bicyclic) bond motifs is 1. The lowest BCUT2D eigenvalue weighted by molar-refractivity contribution is -0.126. The van der Waals surface area contributed by atoms with E-state index in [0.717, 1.165) is 29.2 Å². The van der Waals surface area contributed by atoms with Crippen molar-refractivity contribution in [2.24, 2.45) is 4.99 Å². The molecule has 1 amide bonds. The molecule has 4 heterocycles. The Bertz CT molecular complexity index is 801. The van der Waals surface area contributed by atoms with E-state index in [1.807, 2.05) is 37.4 Å². The van der Waals surface area contributed by atoms with Gasteiger partial charge in [-0.25, -0.2) is 20.0 Å². The number of ether oxygens (including phenoxy) is 1. The Morgan fingerprint density at radius 2 is 2.11 bits per heavy atom. The van der Waals surface area contributed by atoms with Crippen LogP contribution >= 0.6 is 23.1 Å². The fourth-order valence-electron chi connectivity index (χ4n) is 3.57. The lowest BCUT2D eigenvalue weighted by atomic mass is 10.0. The molecule has 1 N–H and O–H groups in total. The third kappa shape index (κ3) is 2.99.